The number of amides is 1. The van der Waals surface area contributed by atoms with Gasteiger partial charge in [-0.2, -0.15) is 0 Å². The molecule has 7 nitrogen and oxygen atoms in total. The molecule has 7 heteroatoms. The SMILES string of the molecule is CCOc1ccc(C2/C(=C(/O)c3ccc(OC)cc3)C(=O)C(=O)N2Cc2ccco2)cc1. The molecule has 1 atom stereocenters. The third kappa shape index (κ3) is 3.97. The maximum absolute atomic E-state index is 13.0. The summed E-state index contributed by atoms with van der Waals surface area (Å²) in [5.74, 6) is 0.135. The predicted octanol–water partition coefficient (Wildman–Crippen LogP) is 4.31. The summed E-state index contributed by atoms with van der Waals surface area (Å²) in [6, 6.07) is 16.5. The molecule has 1 fully saturated rings. The number of aliphatic hydroxyl groups excluding tert-OH is 1. The van der Waals surface area contributed by atoms with Crippen molar-refractivity contribution in [2.45, 2.75) is 19.5 Å². The van der Waals surface area contributed by atoms with Gasteiger partial charge in [0.15, 0.2) is 0 Å². The van der Waals surface area contributed by atoms with Crippen molar-refractivity contribution in [2.75, 3.05) is 13.7 Å². The number of rotatable bonds is 7. The molecule has 2 heterocycles. The Morgan fingerprint density at radius 1 is 1.03 bits per heavy atom. The molecule has 1 amide bonds. The van der Waals surface area contributed by atoms with Gasteiger partial charge in [0.1, 0.15) is 23.0 Å². The molecular weight excluding hydrogens is 410 g/mol. The summed E-state index contributed by atoms with van der Waals surface area (Å²) in [6.45, 7) is 2.50. The van der Waals surface area contributed by atoms with Crippen molar-refractivity contribution >= 4 is 17.4 Å². The van der Waals surface area contributed by atoms with Crippen LogP contribution in [0, 0.1) is 0 Å². The number of carbonyl (C=O) groups excluding carboxylic acids is 2. The Morgan fingerprint density at radius 3 is 2.31 bits per heavy atom. The lowest BCUT2D eigenvalue weighted by Gasteiger charge is -2.24. The molecule has 0 aliphatic carbocycles. The Balaban J connectivity index is 1.81. The Kier molecular flexibility index (Phi) is 5.98. The van der Waals surface area contributed by atoms with Crippen molar-refractivity contribution in [2.24, 2.45) is 0 Å². The van der Waals surface area contributed by atoms with Crippen LogP contribution in [0.1, 0.15) is 29.9 Å². The average molecular weight is 433 g/mol. The van der Waals surface area contributed by atoms with E-state index < -0.39 is 17.7 Å². The van der Waals surface area contributed by atoms with E-state index in [1.165, 1.54) is 11.2 Å². The van der Waals surface area contributed by atoms with E-state index in [-0.39, 0.29) is 17.9 Å². The van der Waals surface area contributed by atoms with Crippen LogP contribution in [0.15, 0.2) is 76.9 Å². The monoisotopic (exact) mass is 433 g/mol. The van der Waals surface area contributed by atoms with Gasteiger partial charge < -0.3 is 23.9 Å². The third-order valence-corrected chi connectivity index (χ3v) is 5.32. The van der Waals surface area contributed by atoms with Crippen molar-refractivity contribution in [3.8, 4) is 11.5 Å². The zero-order valence-electron chi connectivity index (χ0n) is 17.8. The summed E-state index contributed by atoms with van der Waals surface area (Å²) in [4.78, 5) is 27.4. The highest BCUT2D eigenvalue weighted by molar-refractivity contribution is 6.46. The quantitative estimate of drug-likeness (QED) is 0.339. The summed E-state index contributed by atoms with van der Waals surface area (Å²) in [6.07, 6.45) is 1.51. The van der Waals surface area contributed by atoms with Gasteiger partial charge in [0.2, 0.25) is 0 Å². The van der Waals surface area contributed by atoms with Crippen LogP contribution in [0.4, 0.5) is 0 Å². The van der Waals surface area contributed by atoms with Gasteiger partial charge in [-0.25, -0.2) is 0 Å². The highest BCUT2D eigenvalue weighted by Gasteiger charge is 2.46. The lowest BCUT2D eigenvalue weighted by Crippen LogP contribution is -2.29. The number of ether oxygens (including phenoxy) is 2. The van der Waals surface area contributed by atoms with E-state index in [9.17, 15) is 14.7 Å². The minimum Gasteiger partial charge on any atom is -0.507 e. The minimum absolute atomic E-state index is 0.0240. The molecule has 0 bridgehead atoms. The Labute approximate surface area is 185 Å². The van der Waals surface area contributed by atoms with E-state index in [4.69, 9.17) is 13.9 Å². The number of nitrogens with zero attached hydrogens (tertiary/aromatic N) is 1. The van der Waals surface area contributed by atoms with E-state index >= 15 is 0 Å². The molecule has 3 aromatic rings. The molecule has 164 valence electrons. The van der Waals surface area contributed by atoms with E-state index in [0.717, 1.165) is 0 Å². The molecule has 0 saturated carbocycles. The first-order valence-corrected chi connectivity index (χ1v) is 10.2. The van der Waals surface area contributed by atoms with Crippen LogP contribution in [0.3, 0.4) is 0 Å². The van der Waals surface area contributed by atoms with Crippen LogP contribution < -0.4 is 9.47 Å². The molecule has 32 heavy (non-hydrogen) atoms. The summed E-state index contributed by atoms with van der Waals surface area (Å²) in [5, 5.41) is 11.1. The first-order chi connectivity index (χ1) is 15.5. The molecule has 1 unspecified atom stereocenters. The standard InChI is InChI=1S/C25H23NO6/c1-3-31-19-12-6-16(7-13-19)22-21(23(27)17-8-10-18(30-2)11-9-17)24(28)25(29)26(22)15-20-5-4-14-32-20/h4-14,22,27H,3,15H2,1-2H3/b23-21-. The fourth-order valence-corrected chi connectivity index (χ4v) is 3.78. The number of ketones is 1. The van der Waals surface area contributed by atoms with Crippen molar-refractivity contribution in [3.05, 3.63) is 89.4 Å². The summed E-state index contributed by atoms with van der Waals surface area (Å²) in [5.41, 5.74) is 1.11. The van der Waals surface area contributed by atoms with Crippen LogP contribution >= 0.6 is 0 Å². The lowest BCUT2D eigenvalue weighted by molar-refractivity contribution is -0.140. The molecule has 2 aromatic carbocycles. The number of methoxy groups -OCH3 is 1. The Hall–Kier alpha value is -4.00. The molecule has 1 saturated heterocycles. The number of carbonyl (C=O) groups is 2. The number of benzene rings is 2. The number of Topliss-reactive ketones (excluding diaryl/α,β-unsaturated/α-hetero) is 1. The van der Waals surface area contributed by atoms with Gasteiger partial charge in [0.25, 0.3) is 11.7 Å². The lowest BCUT2D eigenvalue weighted by atomic mass is 9.95. The zero-order valence-corrected chi connectivity index (χ0v) is 17.8. The zero-order chi connectivity index (χ0) is 22.7. The van der Waals surface area contributed by atoms with E-state index in [0.29, 0.717) is 35.0 Å². The number of hydrogen-bond acceptors (Lipinski definition) is 6. The van der Waals surface area contributed by atoms with Gasteiger partial charge in [-0.15, -0.1) is 0 Å². The van der Waals surface area contributed by atoms with Crippen molar-refractivity contribution < 1.29 is 28.6 Å². The van der Waals surface area contributed by atoms with Gasteiger partial charge >= 0.3 is 0 Å². The first-order valence-electron chi connectivity index (χ1n) is 10.2. The van der Waals surface area contributed by atoms with Gasteiger partial charge in [-0.3, -0.25) is 9.59 Å². The first kappa shape index (κ1) is 21.2. The number of aliphatic hydroxyl groups is 1. The molecule has 0 spiro atoms. The van der Waals surface area contributed by atoms with E-state index in [1.54, 1.807) is 67.8 Å². The maximum Gasteiger partial charge on any atom is 0.296 e. The van der Waals surface area contributed by atoms with E-state index in [1.807, 2.05) is 6.92 Å². The second kappa shape index (κ2) is 9.01. The highest BCUT2D eigenvalue weighted by Crippen LogP contribution is 2.40. The highest BCUT2D eigenvalue weighted by atomic mass is 16.5. The van der Waals surface area contributed by atoms with Gasteiger partial charge in [0.05, 0.1) is 38.1 Å². The second-order valence-corrected chi connectivity index (χ2v) is 7.24. The molecular formula is C25H23NO6. The van der Waals surface area contributed by atoms with Gasteiger partial charge in [0, 0.05) is 5.56 Å². The van der Waals surface area contributed by atoms with Crippen LogP contribution in [-0.2, 0) is 16.1 Å². The molecule has 1 N–H and O–H groups in total. The van der Waals surface area contributed by atoms with Crippen molar-refractivity contribution in [1.29, 1.82) is 0 Å². The predicted molar refractivity (Wildman–Crippen MR) is 117 cm³/mol. The van der Waals surface area contributed by atoms with Crippen LogP contribution in [0.5, 0.6) is 11.5 Å². The van der Waals surface area contributed by atoms with Crippen LogP contribution in [-0.4, -0.2) is 35.4 Å². The van der Waals surface area contributed by atoms with Gasteiger partial charge in [-0.05, 0) is 61.0 Å². The summed E-state index contributed by atoms with van der Waals surface area (Å²) < 4.78 is 16.1. The van der Waals surface area contributed by atoms with Crippen LogP contribution in [0.25, 0.3) is 5.76 Å². The third-order valence-electron chi connectivity index (χ3n) is 5.32. The average Bonchev–Trinajstić information content (AvgIpc) is 3.42. The maximum atomic E-state index is 13.0. The fraction of sp³-hybridized carbons (Fsp3) is 0.200. The number of furan rings is 1. The summed E-state index contributed by atoms with van der Waals surface area (Å²) >= 11 is 0. The Bertz CT molecular complexity index is 1130. The van der Waals surface area contributed by atoms with Gasteiger partial charge in [-0.1, -0.05) is 12.1 Å². The molecule has 1 aliphatic rings. The number of hydrogen-bond donors (Lipinski definition) is 1. The molecule has 1 aromatic heterocycles. The molecule has 4 rings (SSSR count). The van der Waals surface area contributed by atoms with Crippen molar-refractivity contribution in [3.63, 3.8) is 0 Å². The topological polar surface area (TPSA) is 89.2 Å². The van der Waals surface area contributed by atoms with E-state index in [2.05, 4.69) is 0 Å². The minimum atomic E-state index is -0.780. The van der Waals surface area contributed by atoms with Crippen LogP contribution in [0.2, 0.25) is 0 Å². The fourth-order valence-electron chi connectivity index (χ4n) is 3.78. The van der Waals surface area contributed by atoms with Crippen molar-refractivity contribution in [1.82, 2.24) is 4.90 Å². The second-order valence-electron chi connectivity index (χ2n) is 7.24. The Morgan fingerprint density at radius 2 is 1.72 bits per heavy atom. The summed E-state index contributed by atoms with van der Waals surface area (Å²) in [7, 11) is 1.54. The molecule has 0 radical (unpaired) electrons. The smallest absolute Gasteiger partial charge is 0.296 e. The largest absolute Gasteiger partial charge is 0.507 e. The number of likely N-dealkylation sites (tertiary alicyclic amines) is 1. The normalized spacial score (nSPS) is 17.6. The molecule has 1 aliphatic heterocycles.